The Morgan fingerprint density at radius 1 is 1.11 bits per heavy atom. The molecule has 0 spiro atoms. The van der Waals surface area contributed by atoms with Crippen LogP contribution in [0.5, 0.6) is 0 Å². The molecule has 2 rings (SSSR count). The summed E-state index contributed by atoms with van der Waals surface area (Å²) in [5, 5.41) is 15.6. The highest BCUT2D eigenvalue weighted by atomic mass is 32.2. The first-order valence-corrected chi connectivity index (χ1v) is 10.1. The summed E-state index contributed by atoms with van der Waals surface area (Å²) in [6, 6.07) is 14.2. The minimum absolute atomic E-state index is 0.0840. The normalized spacial score (nSPS) is 11.6. The summed E-state index contributed by atoms with van der Waals surface area (Å²) in [5.74, 6) is -0.508. The number of anilines is 1. The molecule has 0 radical (unpaired) electrons. The fourth-order valence-electron chi connectivity index (χ4n) is 2.62. The second-order valence-corrected chi connectivity index (χ2v) is 7.48. The van der Waals surface area contributed by atoms with Gasteiger partial charge in [0.2, 0.25) is 0 Å². The second kappa shape index (κ2) is 10.6. The average Bonchev–Trinajstić information content (AvgIpc) is 2.67. The van der Waals surface area contributed by atoms with Crippen molar-refractivity contribution in [2.24, 2.45) is 0 Å². The van der Waals surface area contributed by atoms with E-state index in [4.69, 9.17) is 5.11 Å². The predicted octanol–water partition coefficient (Wildman–Crippen LogP) is 4.74. The number of carboxylic acid groups (broad SMARTS) is 1. The maximum Gasteiger partial charge on any atom is 0.335 e. The molecule has 2 aromatic rings. The standard InChI is InChI=1S/C21H26N2O3S/c1-3-4-10-19(23-18-12-11-17(21(25)26)13-15(18)2)27-14-22-20(24)16-8-6-5-7-9-16/h5-9,11-13,19,23H,3-4,10,14H2,1-2H3,(H,22,24)(H,25,26). The highest BCUT2D eigenvalue weighted by Crippen LogP contribution is 2.23. The summed E-state index contributed by atoms with van der Waals surface area (Å²) in [6.45, 7) is 4.04. The maximum atomic E-state index is 12.2. The molecule has 2 aromatic carbocycles. The quantitative estimate of drug-likeness (QED) is 0.514. The molecule has 0 saturated heterocycles. The number of aromatic carboxylic acids is 1. The Kier molecular flexibility index (Phi) is 8.20. The van der Waals surface area contributed by atoms with Crippen LogP contribution in [0.4, 0.5) is 5.69 Å². The SMILES string of the molecule is CCCCC(Nc1ccc(C(=O)O)cc1C)SCNC(=O)c1ccccc1. The predicted molar refractivity (Wildman–Crippen MR) is 111 cm³/mol. The van der Waals surface area contributed by atoms with E-state index in [1.54, 1.807) is 42.1 Å². The third-order valence-corrected chi connectivity index (χ3v) is 5.23. The van der Waals surface area contributed by atoms with Gasteiger partial charge in [0.25, 0.3) is 5.91 Å². The first-order chi connectivity index (χ1) is 13.0. The van der Waals surface area contributed by atoms with Gasteiger partial charge in [-0.15, -0.1) is 11.8 Å². The number of rotatable bonds is 10. The summed E-state index contributed by atoms with van der Waals surface area (Å²) < 4.78 is 0. The molecular weight excluding hydrogens is 360 g/mol. The number of hydrogen-bond donors (Lipinski definition) is 3. The second-order valence-electron chi connectivity index (χ2n) is 6.29. The van der Waals surface area contributed by atoms with Crippen LogP contribution >= 0.6 is 11.8 Å². The van der Waals surface area contributed by atoms with Gasteiger partial charge in [-0.2, -0.15) is 0 Å². The Balaban J connectivity index is 1.94. The van der Waals surface area contributed by atoms with E-state index >= 15 is 0 Å². The van der Waals surface area contributed by atoms with E-state index < -0.39 is 5.97 Å². The molecule has 0 aliphatic heterocycles. The summed E-state index contributed by atoms with van der Waals surface area (Å²) in [7, 11) is 0. The van der Waals surface area contributed by atoms with E-state index in [-0.39, 0.29) is 16.8 Å². The van der Waals surface area contributed by atoms with Crippen LogP contribution in [0, 0.1) is 6.92 Å². The fraction of sp³-hybridized carbons (Fsp3) is 0.333. The summed E-state index contributed by atoms with van der Waals surface area (Å²) >= 11 is 1.64. The van der Waals surface area contributed by atoms with Crippen LogP contribution in [0.15, 0.2) is 48.5 Å². The Labute approximate surface area is 164 Å². The molecule has 0 fully saturated rings. The number of aryl methyl sites for hydroxylation is 1. The van der Waals surface area contributed by atoms with Gasteiger partial charge >= 0.3 is 5.97 Å². The molecule has 0 heterocycles. The minimum atomic E-state index is -0.926. The third kappa shape index (κ3) is 6.64. The van der Waals surface area contributed by atoms with Crippen LogP contribution in [0.2, 0.25) is 0 Å². The first-order valence-electron chi connectivity index (χ1n) is 9.06. The summed E-state index contributed by atoms with van der Waals surface area (Å²) in [5.41, 5.74) is 2.75. The van der Waals surface area contributed by atoms with Crippen molar-refractivity contribution in [2.75, 3.05) is 11.2 Å². The summed E-state index contributed by atoms with van der Waals surface area (Å²) in [6.07, 6.45) is 3.12. The van der Waals surface area contributed by atoms with Gasteiger partial charge < -0.3 is 15.7 Å². The number of benzene rings is 2. The summed E-state index contributed by atoms with van der Waals surface area (Å²) in [4.78, 5) is 23.2. The number of amides is 1. The monoisotopic (exact) mass is 386 g/mol. The van der Waals surface area contributed by atoms with Gasteiger partial charge in [-0.05, 0) is 49.2 Å². The van der Waals surface area contributed by atoms with Gasteiger partial charge in [0, 0.05) is 11.3 Å². The van der Waals surface area contributed by atoms with Crippen molar-refractivity contribution >= 4 is 29.3 Å². The number of nitrogens with one attached hydrogen (secondary N) is 2. The molecule has 0 aliphatic rings. The lowest BCUT2D eigenvalue weighted by Crippen LogP contribution is -2.26. The third-order valence-electron chi connectivity index (χ3n) is 4.16. The average molecular weight is 387 g/mol. The van der Waals surface area contributed by atoms with Crippen molar-refractivity contribution in [3.05, 3.63) is 65.2 Å². The Morgan fingerprint density at radius 2 is 1.85 bits per heavy atom. The van der Waals surface area contributed by atoms with Gasteiger partial charge in [0.05, 0.1) is 16.8 Å². The lowest BCUT2D eigenvalue weighted by Gasteiger charge is -2.21. The van der Waals surface area contributed by atoms with Gasteiger partial charge in [-0.3, -0.25) is 4.79 Å². The molecule has 0 aliphatic carbocycles. The van der Waals surface area contributed by atoms with E-state index in [9.17, 15) is 9.59 Å². The van der Waals surface area contributed by atoms with Crippen molar-refractivity contribution in [3.8, 4) is 0 Å². The zero-order valence-electron chi connectivity index (χ0n) is 15.7. The van der Waals surface area contributed by atoms with E-state index in [1.807, 2.05) is 25.1 Å². The number of carbonyl (C=O) groups excluding carboxylic acids is 1. The van der Waals surface area contributed by atoms with Crippen LogP contribution in [-0.4, -0.2) is 28.2 Å². The van der Waals surface area contributed by atoms with E-state index in [0.717, 1.165) is 30.5 Å². The molecule has 1 amide bonds. The number of carboxylic acids is 1. The molecule has 1 unspecified atom stereocenters. The van der Waals surface area contributed by atoms with Crippen molar-refractivity contribution in [2.45, 2.75) is 38.5 Å². The number of unbranched alkanes of at least 4 members (excludes halogenated alkanes) is 1. The zero-order chi connectivity index (χ0) is 19.6. The number of thioether (sulfide) groups is 1. The molecule has 0 aromatic heterocycles. The molecule has 144 valence electrons. The van der Waals surface area contributed by atoms with Crippen molar-refractivity contribution < 1.29 is 14.7 Å². The lowest BCUT2D eigenvalue weighted by molar-refractivity contribution is 0.0696. The van der Waals surface area contributed by atoms with E-state index in [1.165, 1.54) is 0 Å². The number of carbonyl (C=O) groups is 2. The molecule has 5 nitrogen and oxygen atoms in total. The zero-order valence-corrected chi connectivity index (χ0v) is 16.5. The van der Waals surface area contributed by atoms with E-state index in [0.29, 0.717) is 11.4 Å². The molecule has 1 atom stereocenters. The molecule has 6 heteroatoms. The maximum absolute atomic E-state index is 12.2. The highest BCUT2D eigenvalue weighted by molar-refractivity contribution is 7.99. The van der Waals surface area contributed by atoms with Crippen molar-refractivity contribution in [3.63, 3.8) is 0 Å². The first kappa shape index (κ1) is 20.8. The Hall–Kier alpha value is -2.47. The molecule has 3 N–H and O–H groups in total. The smallest absolute Gasteiger partial charge is 0.335 e. The minimum Gasteiger partial charge on any atom is -0.478 e. The van der Waals surface area contributed by atoms with Crippen LogP contribution in [-0.2, 0) is 0 Å². The van der Waals surface area contributed by atoms with Gasteiger partial charge in [-0.1, -0.05) is 38.0 Å². The largest absolute Gasteiger partial charge is 0.478 e. The molecule has 0 bridgehead atoms. The van der Waals surface area contributed by atoms with Crippen molar-refractivity contribution in [1.82, 2.24) is 5.32 Å². The van der Waals surface area contributed by atoms with Gasteiger partial charge in [0.15, 0.2) is 0 Å². The van der Waals surface area contributed by atoms with Crippen LogP contribution < -0.4 is 10.6 Å². The topological polar surface area (TPSA) is 78.4 Å². The van der Waals surface area contributed by atoms with Gasteiger partial charge in [-0.25, -0.2) is 4.79 Å². The van der Waals surface area contributed by atoms with Crippen LogP contribution in [0.3, 0.4) is 0 Å². The molecular formula is C21H26N2O3S. The van der Waals surface area contributed by atoms with Crippen LogP contribution in [0.1, 0.15) is 52.5 Å². The highest BCUT2D eigenvalue weighted by Gasteiger charge is 2.13. The van der Waals surface area contributed by atoms with E-state index in [2.05, 4.69) is 17.6 Å². The van der Waals surface area contributed by atoms with Crippen LogP contribution in [0.25, 0.3) is 0 Å². The van der Waals surface area contributed by atoms with Gasteiger partial charge in [0.1, 0.15) is 0 Å². The van der Waals surface area contributed by atoms with Crippen molar-refractivity contribution in [1.29, 1.82) is 0 Å². The number of hydrogen-bond acceptors (Lipinski definition) is 4. The lowest BCUT2D eigenvalue weighted by atomic mass is 10.1. The molecule has 27 heavy (non-hydrogen) atoms. The molecule has 0 saturated carbocycles. The fourth-order valence-corrected chi connectivity index (χ4v) is 3.58. The Bertz CT molecular complexity index is 765. The Morgan fingerprint density at radius 3 is 2.48 bits per heavy atom.